The summed E-state index contributed by atoms with van der Waals surface area (Å²) in [5.74, 6) is -1.20. The summed E-state index contributed by atoms with van der Waals surface area (Å²) >= 11 is 11.0. The lowest BCUT2D eigenvalue weighted by atomic mass is 10.2. The molecular formula is C15H9Cl2F4NO2. The van der Waals surface area contributed by atoms with Crippen molar-refractivity contribution in [1.82, 2.24) is 0 Å². The summed E-state index contributed by atoms with van der Waals surface area (Å²) in [4.78, 5) is 11.7. The zero-order valence-electron chi connectivity index (χ0n) is 11.8. The standard InChI is InChI=1S/C15H9Cl2F4NO2/c16-11-3-1-8(5-10(11)15(19,20)21)22-14(23)7-24-9-2-4-13(18)12(17)6-9/h1-6H,7H2,(H,22,23). The number of anilines is 1. The Morgan fingerprint density at radius 3 is 2.42 bits per heavy atom. The Morgan fingerprint density at radius 1 is 1.08 bits per heavy atom. The number of carbonyl (C=O) groups excluding carboxylic acids is 1. The number of ether oxygens (including phenoxy) is 1. The van der Waals surface area contributed by atoms with E-state index in [0.29, 0.717) is 0 Å². The molecule has 0 aliphatic rings. The van der Waals surface area contributed by atoms with E-state index >= 15 is 0 Å². The molecule has 0 unspecified atom stereocenters. The van der Waals surface area contributed by atoms with Crippen molar-refractivity contribution in [3.8, 4) is 5.75 Å². The molecule has 2 aromatic carbocycles. The lowest BCUT2D eigenvalue weighted by Crippen LogP contribution is -2.20. The zero-order valence-corrected chi connectivity index (χ0v) is 13.3. The van der Waals surface area contributed by atoms with Crippen LogP contribution in [0, 0.1) is 5.82 Å². The van der Waals surface area contributed by atoms with Crippen LogP contribution in [-0.2, 0) is 11.0 Å². The minimum atomic E-state index is -4.64. The molecule has 1 N–H and O–H groups in total. The smallest absolute Gasteiger partial charge is 0.417 e. The van der Waals surface area contributed by atoms with Crippen LogP contribution in [0.15, 0.2) is 36.4 Å². The highest BCUT2D eigenvalue weighted by Crippen LogP contribution is 2.36. The average Bonchev–Trinajstić information content (AvgIpc) is 2.49. The number of hydrogen-bond acceptors (Lipinski definition) is 2. The Hall–Kier alpha value is -1.99. The molecule has 0 aromatic heterocycles. The molecule has 2 rings (SSSR count). The number of rotatable bonds is 4. The molecule has 2 aromatic rings. The Bertz CT molecular complexity index is 766. The maximum atomic E-state index is 13.0. The minimum absolute atomic E-state index is 0.0857. The van der Waals surface area contributed by atoms with Crippen LogP contribution in [0.4, 0.5) is 23.2 Å². The van der Waals surface area contributed by atoms with Crippen LogP contribution in [0.5, 0.6) is 5.75 Å². The third-order valence-corrected chi connectivity index (χ3v) is 3.44. The van der Waals surface area contributed by atoms with Crippen molar-refractivity contribution in [2.75, 3.05) is 11.9 Å². The zero-order chi connectivity index (χ0) is 17.9. The molecule has 0 aliphatic heterocycles. The van der Waals surface area contributed by atoms with E-state index in [-0.39, 0.29) is 16.5 Å². The van der Waals surface area contributed by atoms with Crippen molar-refractivity contribution in [2.24, 2.45) is 0 Å². The van der Waals surface area contributed by atoms with Gasteiger partial charge in [-0.3, -0.25) is 4.79 Å². The monoisotopic (exact) mass is 381 g/mol. The topological polar surface area (TPSA) is 38.3 Å². The van der Waals surface area contributed by atoms with Crippen LogP contribution in [0.2, 0.25) is 10.0 Å². The third kappa shape index (κ3) is 4.75. The van der Waals surface area contributed by atoms with E-state index in [2.05, 4.69) is 5.32 Å². The van der Waals surface area contributed by atoms with E-state index < -0.39 is 35.1 Å². The van der Waals surface area contributed by atoms with E-state index in [4.69, 9.17) is 27.9 Å². The number of nitrogens with one attached hydrogen (secondary N) is 1. The van der Waals surface area contributed by atoms with Crippen molar-refractivity contribution < 1.29 is 27.1 Å². The average molecular weight is 382 g/mol. The number of amides is 1. The number of halogens is 6. The van der Waals surface area contributed by atoms with Gasteiger partial charge in [0, 0.05) is 11.8 Å². The molecule has 0 heterocycles. The first-order valence-corrected chi connectivity index (χ1v) is 7.17. The number of carbonyl (C=O) groups is 1. The van der Waals surface area contributed by atoms with Crippen molar-refractivity contribution >= 4 is 34.8 Å². The minimum Gasteiger partial charge on any atom is -0.484 e. The fraction of sp³-hybridized carbons (Fsp3) is 0.133. The molecule has 3 nitrogen and oxygen atoms in total. The Labute approximate surface area is 144 Å². The van der Waals surface area contributed by atoms with Crippen LogP contribution in [0.25, 0.3) is 0 Å². The molecule has 0 radical (unpaired) electrons. The lowest BCUT2D eigenvalue weighted by molar-refractivity contribution is -0.137. The third-order valence-electron chi connectivity index (χ3n) is 2.82. The summed E-state index contributed by atoms with van der Waals surface area (Å²) in [6.07, 6.45) is -4.64. The number of alkyl halides is 3. The fourth-order valence-corrected chi connectivity index (χ4v) is 2.13. The molecular weight excluding hydrogens is 373 g/mol. The van der Waals surface area contributed by atoms with Crippen LogP contribution in [-0.4, -0.2) is 12.5 Å². The maximum Gasteiger partial charge on any atom is 0.417 e. The second-order valence-corrected chi connectivity index (χ2v) is 5.42. The van der Waals surface area contributed by atoms with Crippen molar-refractivity contribution in [3.63, 3.8) is 0 Å². The van der Waals surface area contributed by atoms with Gasteiger partial charge in [-0.05, 0) is 30.3 Å². The van der Waals surface area contributed by atoms with Crippen LogP contribution >= 0.6 is 23.2 Å². The van der Waals surface area contributed by atoms with Gasteiger partial charge in [-0.25, -0.2) is 4.39 Å². The molecule has 0 saturated heterocycles. The van der Waals surface area contributed by atoms with Gasteiger partial charge in [-0.2, -0.15) is 13.2 Å². The fourth-order valence-electron chi connectivity index (χ4n) is 1.73. The van der Waals surface area contributed by atoms with Crippen molar-refractivity contribution in [3.05, 3.63) is 57.8 Å². The molecule has 128 valence electrons. The van der Waals surface area contributed by atoms with Crippen LogP contribution in [0.3, 0.4) is 0 Å². The molecule has 0 atom stereocenters. The normalized spacial score (nSPS) is 11.2. The highest BCUT2D eigenvalue weighted by molar-refractivity contribution is 6.31. The molecule has 0 fully saturated rings. The Morgan fingerprint density at radius 2 is 1.79 bits per heavy atom. The van der Waals surface area contributed by atoms with Gasteiger partial charge in [0.15, 0.2) is 6.61 Å². The largest absolute Gasteiger partial charge is 0.484 e. The van der Waals surface area contributed by atoms with E-state index in [9.17, 15) is 22.4 Å². The van der Waals surface area contributed by atoms with Gasteiger partial charge in [0.1, 0.15) is 11.6 Å². The quantitative estimate of drug-likeness (QED) is 0.742. The first-order chi connectivity index (χ1) is 11.2. The van der Waals surface area contributed by atoms with Gasteiger partial charge in [0.25, 0.3) is 5.91 Å². The summed E-state index contributed by atoms with van der Waals surface area (Å²) in [7, 11) is 0. The molecule has 24 heavy (non-hydrogen) atoms. The summed E-state index contributed by atoms with van der Waals surface area (Å²) in [6, 6.07) is 6.47. The number of benzene rings is 2. The van der Waals surface area contributed by atoms with E-state index in [0.717, 1.165) is 18.2 Å². The van der Waals surface area contributed by atoms with Gasteiger partial charge >= 0.3 is 6.18 Å². The second-order valence-electron chi connectivity index (χ2n) is 4.61. The first-order valence-electron chi connectivity index (χ1n) is 6.41. The van der Waals surface area contributed by atoms with Gasteiger partial charge in [-0.1, -0.05) is 23.2 Å². The molecule has 0 saturated carbocycles. The molecule has 1 amide bonds. The van der Waals surface area contributed by atoms with Crippen LogP contribution < -0.4 is 10.1 Å². The SMILES string of the molecule is O=C(COc1ccc(F)c(Cl)c1)Nc1ccc(Cl)c(C(F)(F)F)c1. The van der Waals surface area contributed by atoms with Gasteiger partial charge < -0.3 is 10.1 Å². The highest BCUT2D eigenvalue weighted by Gasteiger charge is 2.33. The predicted octanol–water partition coefficient (Wildman–Crippen LogP) is 5.17. The van der Waals surface area contributed by atoms with E-state index in [1.54, 1.807) is 0 Å². The van der Waals surface area contributed by atoms with E-state index in [1.807, 2.05) is 0 Å². The van der Waals surface area contributed by atoms with Gasteiger partial charge in [0.05, 0.1) is 15.6 Å². The molecule has 0 bridgehead atoms. The van der Waals surface area contributed by atoms with Crippen molar-refractivity contribution in [2.45, 2.75) is 6.18 Å². The van der Waals surface area contributed by atoms with Gasteiger partial charge in [0.2, 0.25) is 0 Å². The Kier molecular flexibility index (Phi) is 5.56. The van der Waals surface area contributed by atoms with Crippen LogP contribution in [0.1, 0.15) is 5.56 Å². The lowest BCUT2D eigenvalue weighted by Gasteiger charge is -2.12. The molecule has 9 heteroatoms. The van der Waals surface area contributed by atoms with Gasteiger partial charge in [-0.15, -0.1) is 0 Å². The summed E-state index contributed by atoms with van der Waals surface area (Å²) in [5.41, 5.74) is -1.15. The second kappa shape index (κ2) is 7.27. The maximum absolute atomic E-state index is 13.0. The van der Waals surface area contributed by atoms with Crippen molar-refractivity contribution in [1.29, 1.82) is 0 Å². The number of hydrogen-bond donors (Lipinski definition) is 1. The summed E-state index contributed by atoms with van der Waals surface area (Å²) in [6.45, 7) is -0.494. The Balaban J connectivity index is 2.01. The molecule has 0 aliphatic carbocycles. The molecule has 0 spiro atoms. The summed E-state index contributed by atoms with van der Waals surface area (Å²) < 4.78 is 56.3. The van der Waals surface area contributed by atoms with E-state index in [1.165, 1.54) is 18.2 Å². The summed E-state index contributed by atoms with van der Waals surface area (Å²) in [5, 5.41) is 1.59. The first kappa shape index (κ1) is 18.4. The highest BCUT2D eigenvalue weighted by atomic mass is 35.5. The predicted molar refractivity (Wildman–Crippen MR) is 82.0 cm³/mol.